The molecule has 1 aromatic rings. The van der Waals surface area contributed by atoms with E-state index in [9.17, 15) is 9.90 Å². The number of carboxylic acid groups (broad SMARTS) is 1. The molecule has 1 N–H and O–H groups in total. The first-order valence-electron chi connectivity index (χ1n) is 5.51. The highest BCUT2D eigenvalue weighted by Gasteiger charge is 2.23. The molecular weight excluding hydrogens is 222 g/mol. The molecule has 0 aliphatic carbocycles. The summed E-state index contributed by atoms with van der Waals surface area (Å²) in [5, 5.41) is 17.3. The van der Waals surface area contributed by atoms with Crippen LogP contribution in [0.3, 0.4) is 0 Å². The summed E-state index contributed by atoms with van der Waals surface area (Å²) in [5.41, 5.74) is 1.58. The second kappa shape index (κ2) is 4.67. The van der Waals surface area contributed by atoms with Gasteiger partial charge in [-0.3, -0.25) is 0 Å². The molecule has 92 valence electrons. The molecule has 0 amide bonds. The summed E-state index contributed by atoms with van der Waals surface area (Å²) in [7, 11) is 0. The molecule has 0 bridgehead atoms. The van der Waals surface area contributed by atoms with Crippen molar-refractivity contribution in [1.82, 2.24) is 10.2 Å². The number of ether oxygens (including phenoxy) is 1. The van der Waals surface area contributed by atoms with Gasteiger partial charge in [0.05, 0.1) is 18.9 Å². The van der Waals surface area contributed by atoms with Crippen molar-refractivity contribution in [3.8, 4) is 0 Å². The first-order valence-corrected chi connectivity index (χ1v) is 5.51. The highest BCUT2D eigenvalue weighted by Crippen LogP contribution is 2.22. The van der Waals surface area contributed by atoms with Crippen molar-refractivity contribution in [1.29, 1.82) is 0 Å². The van der Waals surface area contributed by atoms with E-state index in [-0.39, 0.29) is 5.56 Å². The maximum absolute atomic E-state index is 11.3. The number of nitrogens with zero attached hydrogens (tertiary/aromatic N) is 3. The predicted molar refractivity (Wildman–Crippen MR) is 61.5 cm³/mol. The van der Waals surface area contributed by atoms with Crippen LogP contribution in [0.1, 0.15) is 21.6 Å². The lowest BCUT2D eigenvalue weighted by Crippen LogP contribution is -2.38. The third-order valence-electron chi connectivity index (χ3n) is 2.96. The molecule has 1 saturated heterocycles. The van der Waals surface area contributed by atoms with Crippen LogP contribution in [0.5, 0.6) is 0 Å². The average Bonchev–Trinajstić information content (AvgIpc) is 2.33. The van der Waals surface area contributed by atoms with E-state index in [2.05, 4.69) is 10.2 Å². The molecule has 0 saturated carbocycles. The number of carbonyl (C=O) groups is 1. The van der Waals surface area contributed by atoms with Gasteiger partial charge in [0.2, 0.25) is 0 Å². The number of carboxylic acids is 1. The van der Waals surface area contributed by atoms with Crippen LogP contribution >= 0.6 is 0 Å². The Hall–Kier alpha value is -1.69. The van der Waals surface area contributed by atoms with E-state index in [1.54, 1.807) is 13.8 Å². The van der Waals surface area contributed by atoms with Gasteiger partial charge in [-0.1, -0.05) is 0 Å². The molecule has 0 aromatic carbocycles. The topological polar surface area (TPSA) is 75.5 Å². The minimum Gasteiger partial charge on any atom is -0.478 e. The highest BCUT2D eigenvalue weighted by molar-refractivity contribution is 5.95. The number of aromatic carboxylic acids is 1. The minimum atomic E-state index is -0.956. The van der Waals surface area contributed by atoms with Gasteiger partial charge in [-0.15, -0.1) is 5.10 Å². The van der Waals surface area contributed by atoms with Gasteiger partial charge in [-0.25, -0.2) is 4.79 Å². The van der Waals surface area contributed by atoms with Crippen LogP contribution in [0.25, 0.3) is 0 Å². The monoisotopic (exact) mass is 237 g/mol. The second-order valence-corrected chi connectivity index (χ2v) is 4.01. The number of aryl methyl sites for hydroxylation is 1. The molecule has 0 atom stereocenters. The Kier molecular flexibility index (Phi) is 3.23. The number of aromatic nitrogens is 2. The van der Waals surface area contributed by atoms with E-state index in [1.165, 1.54) is 0 Å². The molecule has 6 nitrogen and oxygen atoms in total. The molecule has 1 aromatic heterocycles. The number of anilines is 1. The van der Waals surface area contributed by atoms with E-state index in [0.717, 1.165) is 0 Å². The van der Waals surface area contributed by atoms with Gasteiger partial charge in [-0.05, 0) is 19.4 Å². The fraction of sp³-hybridized carbons (Fsp3) is 0.545. The van der Waals surface area contributed by atoms with Crippen molar-refractivity contribution in [2.24, 2.45) is 0 Å². The van der Waals surface area contributed by atoms with E-state index >= 15 is 0 Å². The second-order valence-electron chi connectivity index (χ2n) is 4.01. The highest BCUT2D eigenvalue weighted by atomic mass is 16.5. The summed E-state index contributed by atoms with van der Waals surface area (Å²) in [4.78, 5) is 13.2. The first kappa shape index (κ1) is 11.8. The molecule has 2 heterocycles. The van der Waals surface area contributed by atoms with Gasteiger partial charge in [-0.2, -0.15) is 5.10 Å². The summed E-state index contributed by atoms with van der Waals surface area (Å²) >= 11 is 0. The molecule has 0 unspecified atom stereocenters. The Labute approximate surface area is 99.2 Å². The van der Waals surface area contributed by atoms with Crippen LogP contribution in [0.4, 0.5) is 5.82 Å². The number of hydrogen-bond acceptors (Lipinski definition) is 5. The summed E-state index contributed by atoms with van der Waals surface area (Å²) in [6.45, 7) is 6.01. The van der Waals surface area contributed by atoms with Crippen molar-refractivity contribution < 1.29 is 14.6 Å². The molecule has 0 spiro atoms. The van der Waals surface area contributed by atoms with Gasteiger partial charge in [0, 0.05) is 13.1 Å². The first-order chi connectivity index (χ1) is 8.11. The lowest BCUT2D eigenvalue weighted by atomic mass is 10.1. The van der Waals surface area contributed by atoms with Gasteiger partial charge >= 0.3 is 5.97 Å². The predicted octanol–water partition coefficient (Wildman–Crippen LogP) is 0.628. The van der Waals surface area contributed by atoms with E-state index in [0.29, 0.717) is 43.4 Å². The van der Waals surface area contributed by atoms with Crippen LogP contribution in [-0.2, 0) is 4.74 Å². The number of hydrogen-bond donors (Lipinski definition) is 1. The van der Waals surface area contributed by atoms with Gasteiger partial charge in [0.25, 0.3) is 0 Å². The molecule has 1 aliphatic heterocycles. The molecular formula is C11H15N3O3. The van der Waals surface area contributed by atoms with Crippen molar-refractivity contribution in [2.45, 2.75) is 13.8 Å². The fourth-order valence-electron chi connectivity index (χ4n) is 1.85. The van der Waals surface area contributed by atoms with Crippen LogP contribution in [-0.4, -0.2) is 47.6 Å². The molecule has 2 rings (SSSR count). The molecule has 0 radical (unpaired) electrons. The van der Waals surface area contributed by atoms with Crippen molar-refractivity contribution in [3.63, 3.8) is 0 Å². The van der Waals surface area contributed by atoms with Crippen LogP contribution in [0.2, 0.25) is 0 Å². The zero-order valence-corrected chi connectivity index (χ0v) is 9.93. The van der Waals surface area contributed by atoms with Gasteiger partial charge in [0.1, 0.15) is 5.56 Å². The Morgan fingerprint density at radius 2 is 1.94 bits per heavy atom. The van der Waals surface area contributed by atoms with Crippen LogP contribution in [0, 0.1) is 13.8 Å². The summed E-state index contributed by atoms with van der Waals surface area (Å²) in [6.07, 6.45) is 0. The van der Waals surface area contributed by atoms with Gasteiger partial charge in [0.15, 0.2) is 5.82 Å². The van der Waals surface area contributed by atoms with Gasteiger partial charge < -0.3 is 14.7 Å². The number of morpholine rings is 1. The Morgan fingerprint density at radius 3 is 2.53 bits per heavy atom. The lowest BCUT2D eigenvalue weighted by Gasteiger charge is -2.28. The fourth-order valence-corrected chi connectivity index (χ4v) is 1.85. The van der Waals surface area contributed by atoms with Crippen molar-refractivity contribution in [3.05, 3.63) is 16.8 Å². The maximum atomic E-state index is 11.3. The Morgan fingerprint density at radius 1 is 1.29 bits per heavy atom. The zero-order chi connectivity index (χ0) is 12.4. The quantitative estimate of drug-likeness (QED) is 0.813. The molecule has 1 aliphatic rings. The summed E-state index contributed by atoms with van der Waals surface area (Å²) in [5.74, 6) is -0.508. The Bertz CT molecular complexity index is 442. The smallest absolute Gasteiger partial charge is 0.339 e. The normalized spacial score (nSPS) is 16.0. The van der Waals surface area contributed by atoms with Crippen molar-refractivity contribution in [2.75, 3.05) is 31.2 Å². The van der Waals surface area contributed by atoms with E-state index in [4.69, 9.17) is 4.74 Å². The minimum absolute atomic E-state index is 0.249. The third kappa shape index (κ3) is 2.21. The molecule has 17 heavy (non-hydrogen) atoms. The maximum Gasteiger partial charge on any atom is 0.339 e. The van der Waals surface area contributed by atoms with E-state index in [1.807, 2.05) is 4.90 Å². The molecule has 6 heteroatoms. The zero-order valence-electron chi connectivity index (χ0n) is 9.93. The average molecular weight is 237 g/mol. The SMILES string of the molecule is Cc1nnc(N2CCOCC2)c(C(=O)O)c1C. The summed E-state index contributed by atoms with van der Waals surface area (Å²) < 4.78 is 5.24. The Balaban J connectivity index is 2.45. The van der Waals surface area contributed by atoms with Crippen LogP contribution in [0.15, 0.2) is 0 Å². The molecule has 1 fully saturated rings. The van der Waals surface area contributed by atoms with Crippen molar-refractivity contribution >= 4 is 11.8 Å². The largest absolute Gasteiger partial charge is 0.478 e. The standard InChI is InChI=1S/C11H15N3O3/c1-7-8(2)12-13-10(9(7)11(15)16)14-3-5-17-6-4-14/h3-6H2,1-2H3,(H,15,16). The number of rotatable bonds is 2. The lowest BCUT2D eigenvalue weighted by molar-refractivity contribution is 0.0694. The van der Waals surface area contributed by atoms with Crippen LogP contribution < -0.4 is 4.90 Å². The third-order valence-corrected chi connectivity index (χ3v) is 2.96. The summed E-state index contributed by atoms with van der Waals surface area (Å²) in [6, 6.07) is 0. The van der Waals surface area contributed by atoms with E-state index < -0.39 is 5.97 Å².